The summed E-state index contributed by atoms with van der Waals surface area (Å²) in [6.07, 6.45) is 0. The van der Waals surface area contributed by atoms with Gasteiger partial charge in [0.05, 0.1) is 28.4 Å². The van der Waals surface area contributed by atoms with Gasteiger partial charge in [0.25, 0.3) is 0 Å². The molecule has 2 aliphatic heterocycles. The molecule has 4 nitrogen and oxygen atoms in total. The summed E-state index contributed by atoms with van der Waals surface area (Å²) in [5.74, 6) is 0.808. The number of aryl methyl sites for hydroxylation is 1. The topological polar surface area (TPSA) is 50.9 Å². The maximum atomic E-state index is 9.72. The number of aromatic hydroxyl groups is 1. The van der Waals surface area contributed by atoms with Gasteiger partial charge in [0, 0.05) is 28.3 Å². The van der Waals surface area contributed by atoms with E-state index in [1.807, 2.05) is 35.9 Å². The van der Waals surface area contributed by atoms with Crippen molar-refractivity contribution < 1.29 is 5.11 Å². The van der Waals surface area contributed by atoms with Crippen LogP contribution in [-0.2, 0) is 0 Å². The highest BCUT2D eigenvalue weighted by atomic mass is 127. The van der Waals surface area contributed by atoms with E-state index in [0.717, 1.165) is 5.69 Å². The standard InChI is InChI=1S/C7H5I2N3O/c1-3-2-4-5(10-3)11-7(8)12(9)6(4)13/h2,13H,1H3. The second-order valence-corrected chi connectivity index (χ2v) is 4.55. The van der Waals surface area contributed by atoms with Gasteiger partial charge in [-0.25, -0.2) is 12.7 Å². The normalized spacial score (nSPS) is 11.0. The quantitative estimate of drug-likeness (QED) is 0.545. The van der Waals surface area contributed by atoms with Crippen molar-refractivity contribution in [2.24, 2.45) is 0 Å². The lowest BCUT2D eigenvalue weighted by Gasteiger charge is -2.06. The van der Waals surface area contributed by atoms with Gasteiger partial charge in [0.1, 0.15) is 0 Å². The minimum absolute atomic E-state index is 0.204. The van der Waals surface area contributed by atoms with Gasteiger partial charge in [-0.3, -0.25) is 0 Å². The van der Waals surface area contributed by atoms with E-state index in [4.69, 9.17) is 0 Å². The summed E-state index contributed by atoms with van der Waals surface area (Å²) in [4.78, 5) is 8.41. The summed E-state index contributed by atoms with van der Waals surface area (Å²) in [5, 5.41) is 9.72. The SMILES string of the molecule is Cc1cc2c(O)n(I)c(I)nc-2n1. The number of fused-ring (bicyclic) bond motifs is 1. The first-order valence-electron chi connectivity index (χ1n) is 3.50. The minimum atomic E-state index is 0.204. The molecule has 0 aromatic rings. The smallest absolute Gasteiger partial charge is 0.213 e. The fourth-order valence-corrected chi connectivity index (χ4v) is 1.93. The van der Waals surface area contributed by atoms with Crippen LogP contribution in [0.4, 0.5) is 0 Å². The van der Waals surface area contributed by atoms with Crippen LogP contribution < -0.4 is 0 Å². The molecule has 0 saturated heterocycles. The van der Waals surface area contributed by atoms with Crippen LogP contribution in [0.3, 0.4) is 0 Å². The molecular weight excluding hydrogens is 396 g/mol. The third kappa shape index (κ3) is 1.49. The highest BCUT2D eigenvalue weighted by molar-refractivity contribution is 14.1. The van der Waals surface area contributed by atoms with E-state index >= 15 is 0 Å². The largest absolute Gasteiger partial charge is 0.493 e. The van der Waals surface area contributed by atoms with Crippen molar-refractivity contribution in [2.75, 3.05) is 0 Å². The van der Waals surface area contributed by atoms with Crippen LogP contribution in [0.2, 0.25) is 0 Å². The molecule has 0 fully saturated rings. The van der Waals surface area contributed by atoms with Crippen LogP contribution in [0.25, 0.3) is 11.4 Å². The Balaban J connectivity index is 2.85. The van der Waals surface area contributed by atoms with Gasteiger partial charge < -0.3 is 5.11 Å². The van der Waals surface area contributed by atoms with E-state index < -0.39 is 0 Å². The fraction of sp³-hybridized carbons (Fsp3) is 0.143. The number of hydrogen-bond acceptors (Lipinski definition) is 3. The van der Waals surface area contributed by atoms with E-state index in [2.05, 4.69) is 32.6 Å². The van der Waals surface area contributed by atoms with Crippen molar-refractivity contribution >= 4 is 45.5 Å². The number of aromatic nitrogens is 3. The predicted molar refractivity (Wildman–Crippen MR) is 65.2 cm³/mol. The Morgan fingerprint density at radius 1 is 1.46 bits per heavy atom. The van der Waals surface area contributed by atoms with Crippen molar-refractivity contribution in [1.82, 2.24) is 12.7 Å². The third-order valence-electron chi connectivity index (χ3n) is 1.66. The zero-order valence-corrected chi connectivity index (χ0v) is 10.9. The van der Waals surface area contributed by atoms with Crippen LogP contribution in [0.15, 0.2) is 6.07 Å². The molecule has 13 heavy (non-hydrogen) atoms. The Morgan fingerprint density at radius 2 is 2.15 bits per heavy atom. The van der Waals surface area contributed by atoms with E-state index in [1.54, 1.807) is 2.78 Å². The average molecular weight is 401 g/mol. The molecule has 2 aliphatic rings. The van der Waals surface area contributed by atoms with Crippen molar-refractivity contribution in [3.05, 3.63) is 15.6 Å². The molecule has 0 atom stereocenters. The van der Waals surface area contributed by atoms with E-state index in [-0.39, 0.29) is 5.88 Å². The van der Waals surface area contributed by atoms with Crippen LogP contribution in [0.5, 0.6) is 5.88 Å². The lowest BCUT2D eigenvalue weighted by Crippen LogP contribution is -1.98. The molecule has 0 aliphatic carbocycles. The Morgan fingerprint density at radius 3 is 2.85 bits per heavy atom. The first-order valence-corrected chi connectivity index (χ1v) is 5.54. The molecule has 0 aromatic heterocycles. The van der Waals surface area contributed by atoms with E-state index in [0.29, 0.717) is 15.2 Å². The molecule has 2 heterocycles. The molecule has 0 saturated carbocycles. The highest BCUT2D eigenvalue weighted by Gasteiger charge is 2.17. The fourth-order valence-electron chi connectivity index (χ4n) is 1.11. The molecule has 0 unspecified atom stereocenters. The monoisotopic (exact) mass is 401 g/mol. The first kappa shape index (κ1) is 9.44. The second kappa shape index (κ2) is 3.23. The Bertz CT molecular complexity index is 440. The van der Waals surface area contributed by atoms with E-state index in [9.17, 15) is 5.11 Å². The van der Waals surface area contributed by atoms with Gasteiger partial charge in [-0.2, -0.15) is 0 Å². The molecule has 1 N–H and O–H groups in total. The van der Waals surface area contributed by atoms with Gasteiger partial charge in [-0.05, 0) is 13.0 Å². The zero-order chi connectivity index (χ0) is 9.59. The van der Waals surface area contributed by atoms with Gasteiger partial charge >= 0.3 is 0 Å². The van der Waals surface area contributed by atoms with Gasteiger partial charge in [-0.1, -0.05) is 0 Å². The highest BCUT2D eigenvalue weighted by Crippen LogP contribution is 2.32. The van der Waals surface area contributed by atoms with Crippen LogP contribution in [0.1, 0.15) is 5.69 Å². The number of hydrogen-bond donors (Lipinski definition) is 1. The van der Waals surface area contributed by atoms with E-state index in [1.165, 1.54) is 0 Å². The van der Waals surface area contributed by atoms with Crippen molar-refractivity contribution in [3.63, 3.8) is 0 Å². The van der Waals surface area contributed by atoms with Gasteiger partial charge in [-0.15, -0.1) is 0 Å². The summed E-state index contributed by atoms with van der Waals surface area (Å²) in [6, 6.07) is 1.82. The number of nitrogens with zero attached hydrogens (tertiary/aromatic N) is 3. The predicted octanol–water partition coefficient (Wildman–Crippen LogP) is 2.20. The summed E-state index contributed by atoms with van der Waals surface area (Å²) in [6.45, 7) is 1.88. The van der Waals surface area contributed by atoms with Crippen LogP contribution >= 0.6 is 45.5 Å². The molecule has 0 aromatic carbocycles. The Kier molecular flexibility index (Phi) is 2.34. The second-order valence-electron chi connectivity index (χ2n) is 2.62. The molecule has 68 valence electrons. The van der Waals surface area contributed by atoms with Crippen LogP contribution in [0, 0.1) is 10.8 Å². The molecule has 2 rings (SSSR count). The number of rotatable bonds is 0. The van der Waals surface area contributed by atoms with Crippen molar-refractivity contribution in [3.8, 4) is 17.3 Å². The lowest BCUT2D eigenvalue weighted by atomic mass is 10.3. The van der Waals surface area contributed by atoms with Gasteiger partial charge in [0.2, 0.25) is 5.88 Å². The lowest BCUT2D eigenvalue weighted by molar-refractivity contribution is 0.449. The first-order chi connectivity index (χ1) is 6.09. The van der Waals surface area contributed by atoms with Crippen molar-refractivity contribution in [1.29, 1.82) is 0 Å². The van der Waals surface area contributed by atoms with Gasteiger partial charge in [0.15, 0.2) is 9.66 Å². The molecule has 0 bridgehead atoms. The molecule has 0 radical (unpaired) electrons. The molecular formula is C7H5I2N3O. The Labute approximate surface area is 102 Å². The minimum Gasteiger partial charge on any atom is -0.493 e. The molecule has 0 spiro atoms. The third-order valence-corrected chi connectivity index (χ3v) is 4.22. The maximum Gasteiger partial charge on any atom is 0.213 e. The summed E-state index contributed by atoms with van der Waals surface area (Å²) < 4.78 is 2.31. The summed E-state index contributed by atoms with van der Waals surface area (Å²) in [5.41, 5.74) is 1.57. The zero-order valence-electron chi connectivity index (χ0n) is 6.62. The van der Waals surface area contributed by atoms with Crippen LogP contribution in [-0.4, -0.2) is 17.9 Å². The van der Waals surface area contributed by atoms with Crippen molar-refractivity contribution in [2.45, 2.75) is 6.92 Å². The molecule has 6 heteroatoms. The summed E-state index contributed by atoms with van der Waals surface area (Å²) in [7, 11) is 0. The molecule has 0 amide bonds. The summed E-state index contributed by atoms with van der Waals surface area (Å²) >= 11 is 4.05. The maximum absolute atomic E-state index is 9.72. The average Bonchev–Trinajstić information content (AvgIpc) is 2.42. The Hall–Kier alpha value is -0.120. The number of halogens is 2.